The molecule has 0 spiro atoms. The lowest BCUT2D eigenvalue weighted by Gasteiger charge is -2.34. The Balaban J connectivity index is 1.79. The van der Waals surface area contributed by atoms with E-state index < -0.39 is 28.5 Å². The molecular formula is C35H37Cl2N3O5S. The molecule has 242 valence electrons. The van der Waals surface area contributed by atoms with Crippen molar-refractivity contribution in [2.24, 2.45) is 0 Å². The summed E-state index contributed by atoms with van der Waals surface area (Å²) in [6.07, 6.45) is 0.204. The molecule has 8 nitrogen and oxygen atoms in total. The van der Waals surface area contributed by atoms with Gasteiger partial charge in [0.1, 0.15) is 18.3 Å². The van der Waals surface area contributed by atoms with Gasteiger partial charge in [0.25, 0.3) is 10.0 Å². The molecule has 0 saturated heterocycles. The second-order valence-electron chi connectivity index (χ2n) is 10.6. The molecule has 2 amide bonds. The normalized spacial score (nSPS) is 11.8. The lowest BCUT2D eigenvalue weighted by molar-refractivity contribution is -0.140. The maximum Gasteiger partial charge on any atom is 0.264 e. The molecule has 0 aliphatic carbocycles. The molecule has 4 aromatic rings. The van der Waals surface area contributed by atoms with E-state index in [1.807, 2.05) is 44.2 Å². The molecule has 0 bridgehead atoms. The second-order valence-corrected chi connectivity index (χ2v) is 13.3. The highest BCUT2D eigenvalue weighted by atomic mass is 35.5. The topological polar surface area (TPSA) is 96.0 Å². The van der Waals surface area contributed by atoms with Crippen LogP contribution < -0.4 is 14.4 Å². The van der Waals surface area contributed by atoms with Crippen molar-refractivity contribution in [2.45, 2.75) is 44.7 Å². The van der Waals surface area contributed by atoms with Crippen LogP contribution in [0, 0.1) is 6.92 Å². The van der Waals surface area contributed by atoms with E-state index in [1.165, 1.54) is 17.0 Å². The van der Waals surface area contributed by atoms with Gasteiger partial charge in [0, 0.05) is 19.5 Å². The van der Waals surface area contributed by atoms with Crippen LogP contribution in [0.15, 0.2) is 102 Å². The second kappa shape index (κ2) is 16.0. The van der Waals surface area contributed by atoms with E-state index >= 15 is 0 Å². The van der Waals surface area contributed by atoms with Gasteiger partial charge < -0.3 is 15.0 Å². The molecule has 1 N–H and O–H groups in total. The predicted molar refractivity (Wildman–Crippen MR) is 183 cm³/mol. The molecular weight excluding hydrogens is 645 g/mol. The Morgan fingerprint density at radius 3 is 2.13 bits per heavy atom. The average molecular weight is 683 g/mol. The summed E-state index contributed by atoms with van der Waals surface area (Å²) in [5.74, 6) is -0.415. The maximum atomic E-state index is 14.5. The number of aryl methyl sites for hydroxylation is 1. The summed E-state index contributed by atoms with van der Waals surface area (Å²) >= 11 is 12.5. The number of sulfonamides is 1. The average Bonchev–Trinajstić information content (AvgIpc) is 3.04. The number of carbonyl (C=O) groups is 2. The van der Waals surface area contributed by atoms with Crippen LogP contribution in [0.25, 0.3) is 0 Å². The Morgan fingerprint density at radius 2 is 1.52 bits per heavy atom. The van der Waals surface area contributed by atoms with E-state index in [0.717, 1.165) is 15.4 Å². The van der Waals surface area contributed by atoms with Crippen molar-refractivity contribution in [3.05, 3.63) is 124 Å². The molecule has 4 rings (SSSR count). The summed E-state index contributed by atoms with van der Waals surface area (Å²) < 4.78 is 34.9. The zero-order chi connectivity index (χ0) is 33.3. The Kier molecular flexibility index (Phi) is 12.1. The van der Waals surface area contributed by atoms with Gasteiger partial charge in [0.05, 0.1) is 27.2 Å². The standard InChI is InChI=1S/C35H37Cl2N3O5S/c1-4-38-35(42)33(22-26-9-7-6-8-10-26)39(23-27-13-20-31(36)32(37)21-27)34(41)24-40(28-14-11-25(3)12-15-28)46(43,44)30-18-16-29(17-19-30)45-5-2/h6-21,33H,4-5,22-24H2,1-3H3,(H,38,42)/t33-/m1/s1. The van der Waals surface area contributed by atoms with Crippen LogP contribution in [-0.4, -0.2) is 50.9 Å². The summed E-state index contributed by atoms with van der Waals surface area (Å²) in [6.45, 7) is 5.72. The van der Waals surface area contributed by atoms with E-state index in [4.69, 9.17) is 27.9 Å². The number of hydrogen-bond acceptors (Lipinski definition) is 5. The van der Waals surface area contributed by atoms with Crippen molar-refractivity contribution in [2.75, 3.05) is 24.0 Å². The summed E-state index contributed by atoms with van der Waals surface area (Å²) in [5.41, 5.74) is 2.69. The van der Waals surface area contributed by atoms with E-state index in [9.17, 15) is 18.0 Å². The van der Waals surface area contributed by atoms with Crippen molar-refractivity contribution in [3.63, 3.8) is 0 Å². The number of benzene rings is 4. The van der Waals surface area contributed by atoms with E-state index in [1.54, 1.807) is 61.5 Å². The lowest BCUT2D eigenvalue weighted by atomic mass is 10.0. The monoisotopic (exact) mass is 681 g/mol. The number of amides is 2. The number of nitrogens with one attached hydrogen (secondary N) is 1. The van der Waals surface area contributed by atoms with Crippen molar-refractivity contribution < 1.29 is 22.7 Å². The number of rotatable bonds is 14. The Bertz CT molecular complexity index is 1730. The first-order valence-electron chi connectivity index (χ1n) is 14.9. The van der Waals surface area contributed by atoms with Crippen molar-refractivity contribution in [3.8, 4) is 5.75 Å². The fraction of sp³-hybridized carbons (Fsp3) is 0.257. The van der Waals surface area contributed by atoms with Gasteiger partial charge in [-0.2, -0.15) is 0 Å². The predicted octanol–water partition coefficient (Wildman–Crippen LogP) is 6.67. The zero-order valence-corrected chi connectivity index (χ0v) is 28.3. The highest BCUT2D eigenvalue weighted by molar-refractivity contribution is 7.92. The maximum absolute atomic E-state index is 14.5. The fourth-order valence-electron chi connectivity index (χ4n) is 4.92. The van der Waals surface area contributed by atoms with Crippen LogP contribution >= 0.6 is 23.2 Å². The first kappa shape index (κ1) is 34.8. The smallest absolute Gasteiger partial charge is 0.264 e. The van der Waals surface area contributed by atoms with Crippen molar-refractivity contribution in [1.29, 1.82) is 0 Å². The highest BCUT2D eigenvalue weighted by Gasteiger charge is 2.34. The third-order valence-electron chi connectivity index (χ3n) is 7.28. The quantitative estimate of drug-likeness (QED) is 0.160. The fourth-order valence-corrected chi connectivity index (χ4v) is 6.66. The number of halogens is 2. The molecule has 0 saturated carbocycles. The molecule has 0 fully saturated rings. The number of carbonyl (C=O) groups excluding carboxylic acids is 2. The molecule has 0 heterocycles. The third-order valence-corrected chi connectivity index (χ3v) is 9.81. The number of likely N-dealkylation sites (N-methyl/N-ethyl adjacent to an activating group) is 1. The van der Waals surface area contributed by atoms with Gasteiger partial charge in [-0.15, -0.1) is 0 Å². The molecule has 11 heteroatoms. The van der Waals surface area contributed by atoms with E-state index in [2.05, 4.69) is 5.32 Å². The summed E-state index contributed by atoms with van der Waals surface area (Å²) in [5, 5.41) is 3.49. The SMILES string of the molecule is CCNC(=O)[C@@H](Cc1ccccc1)N(Cc1ccc(Cl)c(Cl)c1)C(=O)CN(c1ccc(C)cc1)S(=O)(=O)c1ccc(OCC)cc1. The van der Waals surface area contributed by atoms with Gasteiger partial charge in [0.2, 0.25) is 11.8 Å². The molecule has 1 atom stereocenters. The van der Waals surface area contributed by atoms with Crippen LogP contribution in [0.1, 0.15) is 30.5 Å². The number of nitrogens with zero attached hydrogens (tertiary/aromatic N) is 2. The Hall–Kier alpha value is -4.05. The van der Waals surface area contributed by atoms with Crippen LogP contribution in [0.4, 0.5) is 5.69 Å². The molecule has 0 aliphatic rings. The summed E-state index contributed by atoms with van der Waals surface area (Å²) in [4.78, 5) is 29.5. The van der Waals surface area contributed by atoms with Crippen LogP contribution in [0.3, 0.4) is 0 Å². The minimum atomic E-state index is -4.24. The number of anilines is 1. The van der Waals surface area contributed by atoms with Gasteiger partial charge in [-0.25, -0.2) is 8.42 Å². The summed E-state index contributed by atoms with van der Waals surface area (Å²) in [7, 11) is -4.24. The third kappa shape index (κ3) is 8.81. The Morgan fingerprint density at radius 1 is 0.848 bits per heavy atom. The van der Waals surface area contributed by atoms with Crippen LogP contribution in [-0.2, 0) is 32.6 Å². The molecule has 0 unspecified atom stereocenters. The van der Waals surface area contributed by atoms with Gasteiger partial charge in [-0.1, -0.05) is 77.3 Å². The molecule has 0 radical (unpaired) electrons. The number of ether oxygens (including phenoxy) is 1. The minimum Gasteiger partial charge on any atom is -0.494 e. The van der Waals surface area contributed by atoms with Crippen LogP contribution in [0.2, 0.25) is 10.0 Å². The van der Waals surface area contributed by atoms with Gasteiger partial charge >= 0.3 is 0 Å². The summed E-state index contributed by atoms with van der Waals surface area (Å²) in [6, 6.07) is 26.3. The van der Waals surface area contributed by atoms with Gasteiger partial charge in [0.15, 0.2) is 0 Å². The lowest BCUT2D eigenvalue weighted by Crippen LogP contribution is -2.53. The first-order chi connectivity index (χ1) is 22.0. The van der Waals surface area contributed by atoms with Crippen molar-refractivity contribution in [1.82, 2.24) is 10.2 Å². The van der Waals surface area contributed by atoms with E-state index in [0.29, 0.717) is 40.2 Å². The van der Waals surface area contributed by atoms with Crippen LogP contribution in [0.5, 0.6) is 5.75 Å². The molecule has 0 aromatic heterocycles. The van der Waals surface area contributed by atoms with Gasteiger partial charge in [-0.05, 0) is 80.4 Å². The first-order valence-corrected chi connectivity index (χ1v) is 17.1. The number of hydrogen-bond donors (Lipinski definition) is 1. The molecule has 4 aromatic carbocycles. The molecule has 0 aliphatic heterocycles. The Labute approximate surface area is 280 Å². The highest BCUT2D eigenvalue weighted by Crippen LogP contribution is 2.28. The largest absolute Gasteiger partial charge is 0.494 e. The van der Waals surface area contributed by atoms with Gasteiger partial charge in [-0.3, -0.25) is 13.9 Å². The molecule has 46 heavy (non-hydrogen) atoms. The zero-order valence-electron chi connectivity index (χ0n) is 26.0. The van der Waals surface area contributed by atoms with E-state index in [-0.39, 0.29) is 23.8 Å². The van der Waals surface area contributed by atoms with Crippen molar-refractivity contribution >= 4 is 50.7 Å². The minimum absolute atomic E-state index is 0.00933.